The van der Waals surface area contributed by atoms with Gasteiger partial charge in [0.15, 0.2) is 0 Å². The van der Waals surface area contributed by atoms with Crippen LogP contribution in [0.4, 0.5) is 0 Å². The maximum absolute atomic E-state index is 13.3. The van der Waals surface area contributed by atoms with Gasteiger partial charge in [-0.3, -0.25) is 43.2 Å². The summed E-state index contributed by atoms with van der Waals surface area (Å²) < 4.78 is 21.4. The number of hydrogen-bond acceptors (Lipinski definition) is 19. The van der Waals surface area contributed by atoms with Crippen molar-refractivity contribution in [2.75, 3.05) is 98.7 Å². The lowest BCUT2D eigenvalue weighted by Crippen LogP contribution is -2.55. The smallest absolute Gasteiger partial charge is 0.246 e. The standard InChI is InChI=1S/C54H100N12O15/c1-40(50(55)73)15-7-10-23-58-48(71)36-80-31-30-79-28-26-60-49(72)37-81-32-29-78-27-25-59-46(69)20-14-19-45(68)57-22-12-9-17-42(52(75)61-24-11-8-16-41(2)51(56)74)33-44(67)18-13-21-47(70)66-43(34-62-53(3,4)38-64-76)35-63-54(5,6)39-65-77/h38-43,62-63,76-77H,7-37H2,1-6H3,(H2,55,73)(H2,56,74)(H,57,68)(H,58,71)(H,59,69)(H,60,72)(H,61,75)(H,66,70)/b64-38+,65-39+/t40-,41-,42+/m0/s1. The lowest BCUT2D eigenvalue weighted by atomic mass is 9.93. The van der Waals surface area contributed by atoms with Crippen LogP contribution in [-0.4, -0.2) is 192 Å². The molecule has 0 aliphatic heterocycles. The van der Waals surface area contributed by atoms with E-state index < -0.39 is 23.0 Å². The number of carbonyl (C=O) groups excluding carboxylic acids is 9. The third-order valence-electron chi connectivity index (χ3n) is 12.6. The Morgan fingerprint density at radius 3 is 1.35 bits per heavy atom. The number of nitrogens with zero attached hydrogens (tertiary/aromatic N) is 2. The molecule has 0 rings (SSSR count). The van der Waals surface area contributed by atoms with Crippen LogP contribution in [0.1, 0.15) is 144 Å². The predicted molar refractivity (Wildman–Crippen MR) is 304 cm³/mol. The molecule has 0 aromatic heterocycles. The third kappa shape index (κ3) is 45.4. The first-order chi connectivity index (χ1) is 38.5. The number of hydrogen-bond donors (Lipinski definition) is 12. The van der Waals surface area contributed by atoms with Crippen molar-refractivity contribution in [3.8, 4) is 0 Å². The topological polar surface area (TPSA) is 404 Å². The first-order valence-corrected chi connectivity index (χ1v) is 28.4. The number of carbonyl (C=O) groups is 9. The average molecular weight is 1160 g/mol. The minimum Gasteiger partial charge on any atom is -0.411 e. The number of rotatable bonds is 53. The van der Waals surface area contributed by atoms with Crippen molar-refractivity contribution < 1.29 is 72.5 Å². The van der Waals surface area contributed by atoms with Crippen LogP contribution in [0.5, 0.6) is 0 Å². The van der Waals surface area contributed by atoms with E-state index in [0.717, 1.165) is 12.8 Å². The van der Waals surface area contributed by atoms with E-state index in [1.165, 1.54) is 12.4 Å². The zero-order chi connectivity index (χ0) is 60.7. The highest BCUT2D eigenvalue weighted by Crippen LogP contribution is 2.17. The minimum atomic E-state index is -0.679. The van der Waals surface area contributed by atoms with Crippen LogP contribution in [0.3, 0.4) is 0 Å². The van der Waals surface area contributed by atoms with E-state index in [9.17, 15) is 43.2 Å². The zero-order valence-corrected chi connectivity index (χ0v) is 49.1. The van der Waals surface area contributed by atoms with E-state index >= 15 is 0 Å². The van der Waals surface area contributed by atoms with Gasteiger partial charge in [-0.25, -0.2) is 0 Å². The molecule has 0 heterocycles. The summed E-state index contributed by atoms with van der Waals surface area (Å²) in [6, 6.07) is -0.424. The van der Waals surface area contributed by atoms with E-state index in [0.29, 0.717) is 84.1 Å². The molecule has 81 heavy (non-hydrogen) atoms. The van der Waals surface area contributed by atoms with Crippen LogP contribution in [0.25, 0.3) is 0 Å². The molecule has 14 N–H and O–H groups in total. The molecular formula is C54H100N12O15. The Bertz CT molecular complexity index is 1860. The van der Waals surface area contributed by atoms with Gasteiger partial charge in [0, 0.05) is 95.7 Å². The predicted octanol–water partition coefficient (Wildman–Crippen LogP) is 0.445. The molecule has 0 aromatic rings. The maximum atomic E-state index is 13.3. The van der Waals surface area contributed by atoms with Gasteiger partial charge in [0.05, 0.1) is 69.2 Å². The molecule has 3 atom stereocenters. The fraction of sp³-hybridized carbons (Fsp3) is 0.796. The molecule has 0 aromatic carbocycles. The molecule has 0 bridgehead atoms. The van der Waals surface area contributed by atoms with E-state index in [1.807, 2.05) is 0 Å². The number of ether oxygens (including phenoxy) is 4. The van der Waals surface area contributed by atoms with Gasteiger partial charge in [0.2, 0.25) is 47.3 Å². The van der Waals surface area contributed by atoms with Crippen molar-refractivity contribution >= 4 is 65.5 Å². The van der Waals surface area contributed by atoms with E-state index in [2.05, 4.69) is 52.8 Å². The van der Waals surface area contributed by atoms with Crippen LogP contribution in [0.15, 0.2) is 10.3 Å². The highest BCUT2D eigenvalue weighted by molar-refractivity contribution is 5.87. The average Bonchev–Trinajstić information content (AvgIpc) is 3.39. The number of ketones is 1. The minimum absolute atomic E-state index is 0.0179. The summed E-state index contributed by atoms with van der Waals surface area (Å²) in [6.07, 6.45) is 9.26. The Hall–Kier alpha value is -5.87. The Labute approximate surface area is 478 Å². The van der Waals surface area contributed by atoms with Crippen molar-refractivity contribution in [3.05, 3.63) is 0 Å². The number of nitrogens with one attached hydrogen (secondary N) is 8. The lowest BCUT2D eigenvalue weighted by Gasteiger charge is -2.29. The molecule has 0 spiro atoms. The van der Waals surface area contributed by atoms with Gasteiger partial charge in [-0.15, -0.1) is 10.3 Å². The summed E-state index contributed by atoms with van der Waals surface area (Å²) in [5.41, 5.74) is 9.24. The van der Waals surface area contributed by atoms with Crippen molar-refractivity contribution in [1.29, 1.82) is 0 Å². The number of primary amides is 2. The van der Waals surface area contributed by atoms with Crippen molar-refractivity contribution in [2.24, 2.45) is 39.5 Å². The van der Waals surface area contributed by atoms with Gasteiger partial charge in [-0.2, -0.15) is 0 Å². The number of unbranched alkanes of at least 4 members (excludes halogenated alkanes) is 3. The Balaban J connectivity index is 4.49. The summed E-state index contributed by atoms with van der Waals surface area (Å²) in [7, 11) is 0. The second-order valence-corrected chi connectivity index (χ2v) is 21.2. The molecule has 0 saturated heterocycles. The van der Waals surface area contributed by atoms with Gasteiger partial charge in [0.25, 0.3) is 0 Å². The fourth-order valence-electron chi connectivity index (χ4n) is 7.52. The normalized spacial score (nSPS) is 12.9. The SMILES string of the molecule is C[C@@H](CCCCNC(=O)COCCOCCNC(=O)COCCOCCNC(=O)CCCC(=O)NCCCC[C@H](CC(=O)CCCC(=O)NC(CNC(C)(C)/C=N/O)CNC(C)(C)/C=N/O)C(=O)NCCCC[C@H](C)C(N)=O)C(N)=O. The van der Waals surface area contributed by atoms with Crippen LogP contribution >= 0.6 is 0 Å². The van der Waals surface area contributed by atoms with Gasteiger partial charge < -0.3 is 83.4 Å². The Kier molecular flexibility index (Phi) is 43.3. The highest BCUT2D eigenvalue weighted by atomic mass is 16.5. The number of amides is 8. The molecule has 0 saturated carbocycles. The van der Waals surface area contributed by atoms with Crippen molar-refractivity contribution in [3.63, 3.8) is 0 Å². The summed E-state index contributed by atoms with van der Waals surface area (Å²) in [4.78, 5) is 111. The molecule has 8 amide bonds. The van der Waals surface area contributed by atoms with E-state index in [4.69, 9.17) is 40.8 Å². The maximum Gasteiger partial charge on any atom is 0.246 e. The molecule has 0 aliphatic rings. The number of nitrogens with two attached hydrogens (primary N) is 2. The Morgan fingerprint density at radius 1 is 0.481 bits per heavy atom. The molecule has 0 unspecified atom stereocenters. The van der Waals surface area contributed by atoms with Crippen LogP contribution in [0.2, 0.25) is 0 Å². The van der Waals surface area contributed by atoms with E-state index in [-0.39, 0.29) is 169 Å². The fourth-order valence-corrected chi connectivity index (χ4v) is 7.52. The van der Waals surface area contributed by atoms with Crippen molar-refractivity contribution in [2.45, 2.75) is 161 Å². The molecule has 27 nitrogen and oxygen atoms in total. The molecular weight excluding hydrogens is 1060 g/mol. The van der Waals surface area contributed by atoms with Gasteiger partial charge in [-0.05, 0) is 79.1 Å². The first kappa shape index (κ1) is 75.1. The van der Waals surface area contributed by atoms with Crippen molar-refractivity contribution in [1.82, 2.24) is 42.5 Å². The largest absolute Gasteiger partial charge is 0.411 e. The summed E-state index contributed by atoms with van der Waals surface area (Å²) in [5.74, 6) is -3.52. The number of Topliss-reactive ketones (excluding diaryl/α,β-unsaturated/α-hetero) is 1. The van der Waals surface area contributed by atoms with Gasteiger partial charge in [0.1, 0.15) is 19.0 Å². The highest BCUT2D eigenvalue weighted by Gasteiger charge is 2.24. The monoisotopic (exact) mass is 1160 g/mol. The van der Waals surface area contributed by atoms with Crippen LogP contribution in [0, 0.1) is 17.8 Å². The summed E-state index contributed by atoms with van der Waals surface area (Å²) in [6.45, 7) is 14.1. The van der Waals surface area contributed by atoms with Gasteiger partial charge >= 0.3 is 0 Å². The summed E-state index contributed by atoms with van der Waals surface area (Å²) in [5, 5.41) is 47.6. The number of oxime groups is 2. The lowest BCUT2D eigenvalue weighted by molar-refractivity contribution is -0.130. The third-order valence-corrected chi connectivity index (χ3v) is 12.6. The molecule has 27 heteroatoms. The van der Waals surface area contributed by atoms with E-state index in [1.54, 1.807) is 41.5 Å². The first-order valence-electron chi connectivity index (χ1n) is 28.4. The zero-order valence-electron chi connectivity index (χ0n) is 49.1. The van der Waals surface area contributed by atoms with Gasteiger partial charge in [-0.1, -0.05) is 33.1 Å². The Morgan fingerprint density at radius 2 is 0.877 bits per heavy atom. The molecule has 0 radical (unpaired) electrons. The molecule has 0 aliphatic carbocycles. The second-order valence-electron chi connectivity index (χ2n) is 21.2. The van der Waals surface area contributed by atoms with Crippen LogP contribution < -0.4 is 54.0 Å². The van der Waals surface area contributed by atoms with Crippen LogP contribution in [-0.2, 0) is 62.1 Å². The summed E-state index contributed by atoms with van der Waals surface area (Å²) >= 11 is 0. The molecule has 0 fully saturated rings. The quantitative estimate of drug-likeness (QED) is 0.0170. The second kappa shape index (κ2) is 46.7. The molecule has 466 valence electrons.